The number of alkyl halides is 2. The Hall–Kier alpha value is -3.04. The Morgan fingerprint density at radius 2 is 1.82 bits per heavy atom. The predicted octanol–water partition coefficient (Wildman–Crippen LogP) is 5.90. The maximum atomic E-state index is 13.7. The van der Waals surface area contributed by atoms with Gasteiger partial charge in [-0.1, -0.05) is 30.0 Å². The number of Topliss-reactive ketones (excluding diaryl/α,β-unsaturated/α-hetero) is 1. The summed E-state index contributed by atoms with van der Waals surface area (Å²) in [5, 5.41) is 1.14. The lowest BCUT2D eigenvalue weighted by Crippen LogP contribution is -2.22. The fourth-order valence-electron chi connectivity index (χ4n) is 4.12. The first-order chi connectivity index (χ1) is 16.5. The zero-order valence-corrected chi connectivity index (χ0v) is 19.6. The molecule has 0 amide bonds. The number of hydrogen-bond acceptors (Lipinski definition) is 6. The molecular formula is C25H20F2N2O3S2. The standard InChI is InChI=1S/C25H20F2N2O3S2/c26-24(27)32-17-12-10-15(11-13-17)19(30)14-33-25-28-22-21(18-8-4-5-9-20(18)34-22)23(31)29(25)16-6-2-1-3-7-16/h1-3,6-7,10-13,24H,4-5,8-9,14H2. The van der Waals surface area contributed by atoms with Gasteiger partial charge in [0.25, 0.3) is 5.56 Å². The summed E-state index contributed by atoms with van der Waals surface area (Å²) in [6.07, 6.45) is 4.03. The molecular weight excluding hydrogens is 478 g/mol. The quantitative estimate of drug-likeness (QED) is 0.180. The van der Waals surface area contributed by atoms with Gasteiger partial charge in [-0.15, -0.1) is 11.3 Å². The number of thioether (sulfide) groups is 1. The van der Waals surface area contributed by atoms with Crippen LogP contribution in [0.15, 0.2) is 64.5 Å². The van der Waals surface area contributed by atoms with Gasteiger partial charge in [0.2, 0.25) is 0 Å². The normalized spacial score (nSPS) is 13.3. The molecule has 0 saturated carbocycles. The average Bonchev–Trinajstić information content (AvgIpc) is 3.22. The molecule has 0 spiro atoms. The molecule has 0 aliphatic heterocycles. The summed E-state index contributed by atoms with van der Waals surface area (Å²) in [5.41, 5.74) is 2.07. The van der Waals surface area contributed by atoms with Crippen molar-refractivity contribution in [3.05, 3.63) is 81.0 Å². The summed E-state index contributed by atoms with van der Waals surface area (Å²) in [4.78, 5) is 33.2. The number of thiophene rings is 1. The van der Waals surface area contributed by atoms with Gasteiger partial charge in [0, 0.05) is 10.4 Å². The lowest BCUT2D eigenvalue weighted by molar-refractivity contribution is -0.0498. The van der Waals surface area contributed by atoms with Crippen LogP contribution in [0.3, 0.4) is 0 Å². The second kappa shape index (κ2) is 9.68. The molecule has 0 fully saturated rings. The summed E-state index contributed by atoms with van der Waals surface area (Å²) in [6.45, 7) is -2.92. The van der Waals surface area contributed by atoms with Gasteiger partial charge in [0.1, 0.15) is 10.6 Å². The van der Waals surface area contributed by atoms with Gasteiger partial charge in [-0.3, -0.25) is 14.2 Å². The van der Waals surface area contributed by atoms with Crippen LogP contribution in [-0.2, 0) is 12.8 Å². The van der Waals surface area contributed by atoms with Crippen LogP contribution in [0.5, 0.6) is 5.75 Å². The number of aryl methyl sites for hydroxylation is 2. The molecule has 4 aromatic rings. The van der Waals surface area contributed by atoms with Crippen molar-refractivity contribution in [1.29, 1.82) is 0 Å². The highest BCUT2D eigenvalue weighted by atomic mass is 32.2. The van der Waals surface area contributed by atoms with Gasteiger partial charge < -0.3 is 4.74 Å². The van der Waals surface area contributed by atoms with E-state index in [4.69, 9.17) is 4.98 Å². The number of ether oxygens (including phenoxy) is 1. The Labute approximate surface area is 202 Å². The van der Waals surface area contributed by atoms with Crippen LogP contribution in [0.2, 0.25) is 0 Å². The van der Waals surface area contributed by atoms with Crippen molar-refractivity contribution in [3.8, 4) is 11.4 Å². The molecule has 9 heteroatoms. The summed E-state index contributed by atoms with van der Waals surface area (Å²) in [5.74, 6) is -0.163. The molecule has 0 bridgehead atoms. The van der Waals surface area contributed by atoms with E-state index in [0.29, 0.717) is 26.6 Å². The lowest BCUT2D eigenvalue weighted by Gasteiger charge is -2.13. The Balaban J connectivity index is 1.49. The number of ketones is 1. The molecule has 1 aliphatic carbocycles. The van der Waals surface area contributed by atoms with Gasteiger partial charge in [0.15, 0.2) is 10.9 Å². The maximum Gasteiger partial charge on any atom is 0.387 e. The minimum absolute atomic E-state index is 0.00843. The van der Waals surface area contributed by atoms with Gasteiger partial charge in [-0.2, -0.15) is 8.78 Å². The van der Waals surface area contributed by atoms with Crippen LogP contribution in [-0.4, -0.2) is 27.7 Å². The number of carbonyl (C=O) groups excluding carboxylic acids is 1. The fourth-order valence-corrected chi connectivity index (χ4v) is 6.33. The Kier molecular flexibility index (Phi) is 6.47. The van der Waals surface area contributed by atoms with Crippen LogP contribution in [0.1, 0.15) is 33.6 Å². The number of hydrogen-bond donors (Lipinski definition) is 0. The minimum Gasteiger partial charge on any atom is -0.435 e. The lowest BCUT2D eigenvalue weighted by atomic mass is 9.97. The summed E-state index contributed by atoms with van der Waals surface area (Å²) >= 11 is 2.76. The summed E-state index contributed by atoms with van der Waals surface area (Å²) in [7, 11) is 0. The number of carbonyl (C=O) groups is 1. The molecule has 2 heterocycles. The molecule has 0 N–H and O–H groups in total. The first-order valence-electron chi connectivity index (χ1n) is 10.8. The topological polar surface area (TPSA) is 61.2 Å². The molecule has 2 aromatic carbocycles. The molecule has 5 nitrogen and oxygen atoms in total. The zero-order valence-electron chi connectivity index (χ0n) is 18.0. The van der Waals surface area contributed by atoms with E-state index >= 15 is 0 Å². The number of para-hydroxylation sites is 1. The monoisotopic (exact) mass is 498 g/mol. The molecule has 1 aliphatic rings. The first-order valence-corrected chi connectivity index (χ1v) is 12.6. The van der Waals surface area contributed by atoms with Crippen LogP contribution in [0.25, 0.3) is 15.9 Å². The van der Waals surface area contributed by atoms with Gasteiger partial charge in [-0.05, 0) is 67.6 Å². The van der Waals surface area contributed by atoms with E-state index in [-0.39, 0.29) is 22.8 Å². The van der Waals surface area contributed by atoms with Crippen molar-refractivity contribution in [2.24, 2.45) is 0 Å². The number of aromatic nitrogens is 2. The molecule has 2 aromatic heterocycles. The van der Waals surface area contributed by atoms with Crippen molar-refractivity contribution in [2.45, 2.75) is 37.5 Å². The molecule has 0 saturated heterocycles. The second-order valence-corrected chi connectivity index (χ2v) is 9.90. The molecule has 0 radical (unpaired) electrons. The Morgan fingerprint density at radius 3 is 2.56 bits per heavy atom. The molecule has 0 atom stereocenters. The highest BCUT2D eigenvalue weighted by Gasteiger charge is 2.23. The van der Waals surface area contributed by atoms with Crippen molar-refractivity contribution in [2.75, 3.05) is 5.75 Å². The van der Waals surface area contributed by atoms with Gasteiger partial charge >= 0.3 is 6.61 Å². The van der Waals surface area contributed by atoms with Gasteiger partial charge in [0.05, 0.1) is 16.8 Å². The largest absolute Gasteiger partial charge is 0.435 e. The number of halogens is 2. The van der Waals surface area contributed by atoms with Gasteiger partial charge in [-0.25, -0.2) is 4.98 Å². The number of benzene rings is 2. The van der Waals surface area contributed by atoms with Crippen LogP contribution >= 0.6 is 23.1 Å². The maximum absolute atomic E-state index is 13.7. The second-order valence-electron chi connectivity index (χ2n) is 7.88. The molecule has 0 unspecified atom stereocenters. The van der Waals surface area contributed by atoms with Crippen molar-refractivity contribution in [1.82, 2.24) is 9.55 Å². The molecule has 34 heavy (non-hydrogen) atoms. The fraction of sp³-hybridized carbons (Fsp3) is 0.240. The smallest absolute Gasteiger partial charge is 0.387 e. The average molecular weight is 499 g/mol. The Bertz CT molecular complexity index is 1400. The van der Waals surface area contributed by atoms with E-state index in [9.17, 15) is 18.4 Å². The number of fused-ring (bicyclic) bond motifs is 3. The molecule has 174 valence electrons. The van der Waals surface area contributed by atoms with E-state index in [1.54, 1.807) is 15.9 Å². The number of rotatable bonds is 7. The van der Waals surface area contributed by atoms with Crippen molar-refractivity contribution >= 4 is 39.1 Å². The third kappa shape index (κ3) is 4.50. The third-order valence-corrected chi connectivity index (χ3v) is 7.83. The first kappa shape index (κ1) is 22.7. The highest BCUT2D eigenvalue weighted by molar-refractivity contribution is 7.99. The summed E-state index contributed by atoms with van der Waals surface area (Å²) in [6, 6.07) is 14.9. The Morgan fingerprint density at radius 1 is 1.09 bits per heavy atom. The minimum atomic E-state index is -2.92. The highest BCUT2D eigenvalue weighted by Crippen LogP contribution is 2.35. The SMILES string of the molecule is O=C(CSc1nc2sc3c(c2c(=O)n1-c1ccccc1)CCCC3)c1ccc(OC(F)F)cc1. The van der Waals surface area contributed by atoms with Crippen molar-refractivity contribution in [3.63, 3.8) is 0 Å². The van der Waals surface area contributed by atoms with E-state index < -0.39 is 6.61 Å². The van der Waals surface area contributed by atoms with Crippen LogP contribution in [0.4, 0.5) is 8.78 Å². The van der Waals surface area contributed by atoms with Crippen LogP contribution < -0.4 is 10.3 Å². The molecule has 5 rings (SSSR count). The van der Waals surface area contributed by atoms with E-state index in [0.717, 1.165) is 31.2 Å². The van der Waals surface area contributed by atoms with E-state index in [1.807, 2.05) is 30.3 Å². The van der Waals surface area contributed by atoms with Crippen LogP contribution in [0, 0.1) is 0 Å². The number of nitrogens with zero attached hydrogens (tertiary/aromatic N) is 2. The van der Waals surface area contributed by atoms with Crippen molar-refractivity contribution < 1.29 is 18.3 Å². The zero-order chi connectivity index (χ0) is 23.7. The predicted molar refractivity (Wildman–Crippen MR) is 130 cm³/mol. The third-order valence-electron chi connectivity index (χ3n) is 5.71. The summed E-state index contributed by atoms with van der Waals surface area (Å²) < 4.78 is 30.6. The van der Waals surface area contributed by atoms with E-state index in [1.165, 1.54) is 40.9 Å². The van der Waals surface area contributed by atoms with E-state index in [2.05, 4.69) is 4.74 Å².